The van der Waals surface area contributed by atoms with Gasteiger partial charge in [0.1, 0.15) is 0 Å². The molecule has 0 bridgehead atoms. The number of amides is 1. The number of nitrogens with zero attached hydrogens (tertiary/aromatic N) is 2. The number of carbonyl (C=O) groups is 1. The molecule has 0 aliphatic carbocycles. The molecule has 5 nitrogen and oxygen atoms in total. The number of carbonyl (C=O) groups excluding carboxylic acids is 1. The van der Waals surface area contributed by atoms with E-state index in [4.69, 9.17) is 0 Å². The SMILES string of the molecule is CCN(Cc1ccccc1)C(=O)CNC(=NC)NCc1cccc(C)c1. The average molecular weight is 352 g/mol. The number of likely N-dealkylation sites (N-methyl/N-ethyl adjacent to an activating group) is 1. The van der Waals surface area contributed by atoms with Crippen LogP contribution in [0.3, 0.4) is 0 Å². The zero-order valence-electron chi connectivity index (χ0n) is 15.8. The van der Waals surface area contributed by atoms with E-state index in [0.29, 0.717) is 25.6 Å². The van der Waals surface area contributed by atoms with E-state index in [2.05, 4.69) is 40.7 Å². The van der Waals surface area contributed by atoms with Crippen molar-refractivity contribution in [3.05, 3.63) is 71.3 Å². The molecule has 0 saturated carbocycles. The lowest BCUT2D eigenvalue weighted by molar-refractivity contribution is -0.130. The zero-order chi connectivity index (χ0) is 18.8. The van der Waals surface area contributed by atoms with Crippen LogP contribution < -0.4 is 10.6 Å². The predicted molar refractivity (Wildman–Crippen MR) is 107 cm³/mol. The third-order valence-electron chi connectivity index (χ3n) is 4.12. The highest BCUT2D eigenvalue weighted by Crippen LogP contribution is 2.05. The molecule has 0 unspecified atom stereocenters. The predicted octanol–water partition coefficient (Wildman–Crippen LogP) is 2.71. The molecular weight excluding hydrogens is 324 g/mol. The van der Waals surface area contributed by atoms with Gasteiger partial charge in [-0.1, -0.05) is 60.2 Å². The molecule has 0 spiro atoms. The molecule has 0 aliphatic rings. The quantitative estimate of drug-likeness (QED) is 0.595. The Labute approximate surface area is 156 Å². The summed E-state index contributed by atoms with van der Waals surface area (Å²) >= 11 is 0. The summed E-state index contributed by atoms with van der Waals surface area (Å²) < 4.78 is 0. The van der Waals surface area contributed by atoms with Crippen LogP contribution in [0, 0.1) is 6.92 Å². The van der Waals surface area contributed by atoms with Crippen molar-refractivity contribution in [2.75, 3.05) is 20.1 Å². The lowest BCUT2D eigenvalue weighted by atomic mass is 10.1. The Morgan fingerprint density at radius 3 is 2.42 bits per heavy atom. The fourth-order valence-corrected chi connectivity index (χ4v) is 2.68. The summed E-state index contributed by atoms with van der Waals surface area (Å²) in [7, 11) is 1.71. The summed E-state index contributed by atoms with van der Waals surface area (Å²) in [4.78, 5) is 18.5. The second-order valence-corrected chi connectivity index (χ2v) is 6.16. The van der Waals surface area contributed by atoms with Crippen molar-refractivity contribution in [1.82, 2.24) is 15.5 Å². The second-order valence-electron chi connectivity index (χ2n) is 6.16. The maximum atomic E-state index is 12.5. The van der Waals surface area contributed by atoms with E-state index in [1.807, 2.05) is 48.2 Å². The van der Waals surface area contributed by atoms with Crippen LogP contribution in [0.4, 0.5) is 0 Å². The molecule has 2 N–H and O–H groups in total. The van der Waals surface area contributed by atoms with Crippen LogP contribution >= 0.6 is 0 Å². The van der Waals surface area contributed by atoms with E-state index in [9.17, 15) is 4.79 Å². The molecule has 0 saturated heterocycles. The van der Waals surface area contributed by atoms with Crippen molar-refractivity contribution in [2.24, 2.45) is 4.99 Å². The van der Waals surface area contributed by atoms with Gasteiger partial charge in [0.2, 0.25) is 5.91 Å². The first-order valence-electron chi connectivity index (χ1n) is 8.94. The van der Waals surface area contributed by atoms with Crippen LogP contribution in [-0.2, 0) is 17.9 Å². The monoisotopic (exact) mass is 352 g/mol. The number of aryl methyl sites for hydroxylation is 1. The Balaban J connectivity index is 1.83. The lowest BCUT2D eigenvalue weighted by Crippen LogP contribution is -2.44. The fourth-order valence-electron chi connectivity index (χ4n) is 2.68. The van der Waals surface area contributed by atoms with Crippen LogP contribution in [0.5, 0.6) is 0 Å². The first-order valence-corrected chi connectivity index (χ1v) is 8.94. The van der Waals surface area contributed by atoms with Crippen molar-refractivity contribution in [3.63, 3.8) is 0 Å². The number of benzene rings is 2. The van der Waals surface area contributed by atoms with Gasteiger partial charge in [0, 0.05) is 26.7 Å². The minimum atomic E-state index is 0.0508. The van der Waals surface area contributed by atoms with Crippen molar-refractivity contribution >= 4 is 11.9 Å². The molecule has 138 valence electrons. The molecule has 2 rings (SSSR count). The topological polar surface area (TPSA) is 56.7 Å². The van der Waals surface area contributed by atoms with Crippen molar-refractivity contribution in [3.8, 4) is 0 Å². The molecule has 0 aliphatic heterocycles. The van der Waals surface area contributed by atoms with Crippen LogP contribution in [0.2, 0.25) is 0 Å². The van der Waals surface area contributed by atoms with E-state index in [1.165, 1.54) is 11.1 Å². The maximum Gasteiger partial charge on any atom is 0.242 e. The standard InChI is InChI=1S/C21H28N4O/c1-4-25(16-18-10-6-5-7-11-18)20(26)15-24-21(22-3)23-14-19-12-8-9-17(2)13-19/h5-13H,4,14-16H2,1-3H3,(H2,22,23,24). The Morgan fingerprint density at radius 1 is 1.04 bits per heavy atom. The Bertz CT molecular complexity index is 728. The minimum Gasteiger partial charge on any atom is -0.352 e. The molecule has 0 aromatic heterocycles. The van der Waals surface area contributed by atoms with E-state index in [0.717, 1.165) is 5.56 Å². The third kappa shape index (κ3) is 6.24. The summed E-state index contributed by atoms with van der Waals surface area (Å²) in [6.07, 6.45) is 0. The van der Waals surface area contributed by atoms with E-state index in [1.54, 1.807) is 7.05 Å². The van der Waals surface area contributed by atoms with Gasteiger partial charge in [-0.05, 0) is 25.0 Å². The van der Waals surface area contributed by atoms with Crippen LogP contribution in [0.15, 0.2) is 59.6 Å². The summed E-state index contributed by atoms with van der Waals surface area (Å²) in [6.45, 7) is 6.23. The zero-order valence-corrected chi connectivity index (χ0v) is 15.8. The van der Waals surface area contributed by atoms with Crippen molar-refractivity contribution < 1.29 is 4.79 Å². The van der Waals surface area contributed by atoms with Crippen LogP contribution in [-0.4, -0.2) is 36.9 Å². The first-order chi connectivity index (χ1) is 12.6. The normalized spacial score (nSPS) is 11.1. The molecule has 2 aromatic rings. The summed E-state index contributed by atoms with van der Waals surface area (Å²) in [6, 6.07) is 18.3. The van der Waals surface area contributed by atoms with Gasteiger partial charge in [0.05, 0.1) is 6.54 Å². The van der Waals surface area contributed by atoms with E-state index < -0.39 is 0 Å². The van der Waals surface area contributed by atoms with E-state index >= 15 is 0 Å². The molecule has 0 fully saturated rings. The molecule has 0 radical (unpaired) electrons. The molecule has 0 atom stereocenters. The third-order valence-corrected chi connectivity index (χ3v) is 4.12. The number of rotatable bonds is 7. The lowest BCUT2D eigenvalue weighted by Gasteiger charge is -2.22. The number of guanidine groups is 1. The molecular formula is C21H28N4O. The number of hydrogen-bond donors (Lipinski definition) is 2. The first kappa shape index (κ1) is 19.5. The molecule has 2 aromatic carbocycles. The number of aliphatic imine (C=N–C) groups is 1. The van der Waals surface area contributed by atoms with E-state index in [-0.39, 0.29) is 12.5 Å². The minimum absolute atomic E-state index is 0.0508. The van der Waals surface area contributed by atoms with Gasteiger partial charge in [-0.25, -0.2) is 0 Å². The highest BCUT2D eigenvalue weighted by molar-refractivity contribution is 5.86. The van der Waals surface area contributed by atoms with Gasteiger partial charge in [0.15, 0.2) is 5.96 Å². The van der Waals surface area contributed by atoms with Gasteiger partial charge in [-0.2, -0.15) is 0 Å². The van der Waals surface area contributed by atoms with Gasteiger partial charge in [-0.15, -0.1) is 0 Å². The second kappa shape index (κ2) is 10.2. The Kier molecular flexibility index (Phi) is 7.68. The smallest absolute Gasteiger partial charge is 0.242 e. The van der Waals surface area contributed by atoms with Gasteiger partial charge >= 0.3 is 0 Å². The van der Waals surface area contributed by atoms with Gasteiger partial charge < -0.3 is 15.5 Å². The summed E-state index contributed by atoms with van der Waals surface area (Å²) in [5, 5.41) is 6.35. The molecule has 26 heavy (non-hydrogen) atoms. The largest absolute Gasteiger partial charge is 0.352 e. The summed E-state index contributed by atoms with van der Waals surface area (Å²) in [5.41, 5.74) is 3.53. The van der Waals surface area contributed by atoms with Gasteiger partial charge in [-0.3, -0.25) is 9.79 Å². The average Bonchev–Trinajstić information content (AvgIpc) is 2.67. The van der Waals surface area contributed by atoms with Crippen molar-refractivity contribution in [1.29, 1.82) is 0 Å². The molecule has 1 amide bonds. The molecule has 0 heterocycles. The Hall–Kier alpha value is -2.82. The highest BCUT2D eigenvalue weighted by atomic mass is 16.2. The number of nitrogens with one attached hydrogen (secondary N) is 2. The Morgan fingerprint density at radius 2 is 1.77 bits per heavy atom. The number of hydrogen-bond acceptors (Lipinski definition) is 2. The van der Waals surface area contributed by atoms with Crippen molar-refractivity contribution in [2.45, 2.75) is 26.9 Å². The van der Waals surface area contributed by atoms with Crippen LogP contribution in [0.1, 0.15) is 23.6 Å². The van der Waals surface area contributed by atoms with Gasteiger partial charge in [0.25, 0.3) is 0 Å². The van der Waals surface area contributed by atoms with Crippen LogP contribution in [0.25, 0.3) is 0 Å². The highest BCUT2D eigenvalue weighted by Gasteiger charge is 2.12. The maximum absolute atomic E-state index is 12.5. The fraction of sp³-hybridized carbons (Fsp3) is 0.333. The molecule has 5 heteroatoms. The summed E-state index contributed by atoms with van der Waals surface area (Å²) in [5.74, 6) is 0.672.